The molecule has 3 aromatic rings. The molecule has 1 unspecified atom stereocenters. The SMILES string of the molecule is N#Cc1ccc(-c2ccc3nc(N4CCC(O)C4)sc3c2)cc1. The lowest BCUT2D eigenvalue weighted by molar-refractivity contribution is 0.198. The summed E-state index contributed by atoms with van der Waals surface area (Å²) in [6.07, 6.45) is 0.572. The van der Waals surface area contributed by atoms with Crippen LogP contribution in [0.25, 0.3) is 21.3 Å². The minimum Gasteiger partial charge on any atom is -0.391 e. The van der Waals surface area contributed by atoms with Crippen LogP contribution in [-0.2, 0) is 0 Å². The molecule has 4 nitrogen and oxygen atoms in total. The normalized spacial score (nSPS) is 17.6. The summed E-state index contributed by atoms with van der Waals surface area (Å²) in [6, 6.07) is 16.0. The van der Waals surface area contributed by atoms with Gasteiger partial charge in [-0.25, -0.2) is 4.98 Å². The lowest BCUT2D eigenvalue weighted by Crippen LogP contribution is -2.20. The third-order valence-electron chi connectivity index (χ3n) is 4.16. The summed E-state index contributed by atoms with van der Waals surface area (Å²) < 4.78 is 1.14. The Bertz CT molecular complexity index is 895. The maximum atomic E-state index is 9.68. The Labute approximate surface area is 138 Å². The van der Waals surface area contributed by atoms with Crippen LogP contribution in [0.5, 0.6) is 0 Å². The molecule has 1 aliphatic heterocycles. The average Bonchev–Trinajstić information content (AvgIpc) is 3.20. The second kappa shape index (κ2) is 5.65. The van der Waals surface area contributed by atoms with Crippen LogP contribution in [0.3, 0.4) is 0 Å². The number of aliphatic hydroxyl groups excluding tert-OH is 1. The molecule has 0 amide bonds. The van der Waals surface area contributed by atoms with Crippen molar-refractivity contribution in [2.75, 3.05) is 18.0 Å². The zero-order chi connectivity index (χ0) is 15.8. The van der Waals surface area contributed by atoms with E-state index in [-0.39, 0.29) is 6.10 Å². The van der Waals surface area contributed by atoms with Crippen LogP contribution >= 0.6 is 11.3 Å². The number of nitrogens with zero attached hydrogens (tertiary/aromatic N) is 3. The lowest BCUT2D eigenvalue weighted by atomic mass is 10.0. The molecule has 1 aliphatic rings. The molecule has 2 heterocycles. The first-order chi connectivity index (χ1) is 11.2. The second-order valence-electron chi connectivity index (χ2n) is 5.76. The van der Waals surface area contributed by atoms with Gasteiger partial charge < -0.3 is 10.0 Å². The number of hydrogen-bond acceptors (Lipinski definition) is 5. The van der Waals surface area contributed by atoms with Gasteiger partial charge in [-0.15, -0.1) is 0 Å². The first-order valence-electron chi connectivity index (χ1n) is 7.57. The molecule has 1 fully saturated rings. The number of hydrogen-bond donors (Lipinski definition) is 1. The highest BCUT2D eigenvalue weighted by Gasteiger charge is 2.22. The number of fused-ring (bicyclic) bond motifs is 1. The molecule has 0 aliphatic carbocycles. The Morgan fingerprint density at radius 2 is 1.96 bits per heavy atom. The number of aromatic nitrogens is 1. The zero-order valence-corrected chi connectivity index (χ0v) is 13.3. The Morgan fingerprint density at radius 3 is 2.65 bits per heavy atom. The highest BCUT2D eigenvalue weighted by molar-refractivity contribution is 7.22. The molecular formula is C18H15N3OS. The largest absolute Gasteiger partial charge is 0.391 e. The minimum atomic E-state index is -0.240. The first kappa shape index (κ1) is 14.2. The molecule has 0 radical (unpaired) electrons. The number of β-amino-alcohol motifs (C(OH)–C–C–N with tert-alkyl or cyclic N) is 1. The van der Waals surface area contributed by atoms with Crippen LogP contribution < -0.4 is 4.90 Å². The number of anilines is 1. The van der Waals surface area contributed by atoms with Crippen molar-refractivity contribution in [3.8, 4) is 17.2 Å². The van der Waals surface area contributed by atoms with Gasteiger partial charge in [-0.2, -0.15) is 5.26 Å². The first-order valence-corrected chi connectivity index (χ1v) is 8.39. The molecule has 5 heteroatoms. The monoisotopic (exact) mass is 321 g/mol. The van der Waals surface area contributed by atoms with Gasteiger partial charge in [0.1, 0.15) is 0 Å². The van der Waals surface area contributed by atoms with Gasteiger partial charge in [0.15, 0.2) is 5.13 Å². The van der Waals surface area contributed by atoms with E-state index in [9.17, 15) is 5.11 Å². The van der Waals surface area contributed by atoms with E-state index in [4.69, 9.17) is 5.26 Å². The van der Waals surface area contributed by atoms with Crippen molar-refractivity contribution in [2.24, 2.45) is 0 Å². The van der Waals surface area contributed by atoms with Crippen LogP contribution in [0.15, 0.2) is 42.5 Å². The average molecular weight is 321 g/mol. The summed E-state index contributed by atoms with van der Waals surface area (Å²) in [5.74, 6) is 0. The van der Waals surface area contributed by atoms with E-state index in [0.29, 0.717) is 12.1 Å². The van der Waals surface area contributed by atoms with Gasteiger partial charge in [0, 0.05) is 13.1 Å². The van der Waals surface area contributed by atoms with Crippen LogP contribution in [0.4, 0.5) is 5.13 Å². The fourth-order valence-electron chi connectivity index (χ4n) is 2.88. The van der Waals surface area contributed by atoms with Crippen molar-refractivity contribution in [1.29, 1.82) is 5.26 Å². The second-order valence-corrected chi connectivity index (χ2v) is 6.77. The van der Waals surface area contributed by atoms with Crippen LogP contribution in [0.1, 0.15) is 12.0 Å². The Balaban J connectivity index is 1.68. The molecule has 2 aromatic carbocycles. The summed E-state index contributed by atoms with van der Waals surface area (Å²) in [7, 11) is 0. The molecule has 1 saturated heterocycles. The molecule has 0 spiro atoms. The fraction of sp³-hybridized carbons (Fsp3) is 0.222. The summed E-state index contributed by atoms with van der Waals surface area (Å²) in [5.41, 5.74) is 3.88. The topological polar surface area (TPSA) is 60.2 Å². The quantitative estimate of drug-likeness (QED) is 0.786. The Kier molecular flexibility index (Phi) is 3.49. The summed E-state index contributed by atoms with van der Waals surface area (Å²) in [4.78, 5) is 6.83. The van der Waals surface area contributed by atoms with Crippen LogP contribution in [0, 0.1) is 11.3 Å². The highest BCUT2D eigenvalue weighted by Crippen LogP contribution is 2.33. The van der Waals surface area contributed by atoms with Gasteiger partial charge in [-0.05, 0) is 41.8 Å². The van der Waals surface area contributed by atoms with Gasteiger partial charge in [0.2, 0.25) is 0 Å². The third kappa shape index (κ3) is 2.67. The number of rotatable bonds is 2. The van der Waals surface area contributed by atoms with Gasteiger partial charge in [-0.1, -0.05) is 29.5 Å². The lowest BCUT2D eigenvalue weighted by Gasteiger charge is -2.12. The van der Waals surface area contributed by atoms with Gasteiger partial charge >= 0.3 is 0 Å². The molecular weight excluding hydrogens is 306 g/mol. The van der Waals surface area contributed by atoms with Crippen LogP contribution in [-0.4, -0.2) is 29.3 Å². The smallest absolute Gasteiger partial charge is 0.186 e. The van der Waals surface area contributed by atoms with E-state index in [0.717, 1.165) is 39.4 Å². The summed E-state index contributed by atoms with van der Waals surface area (Å²) in [5, 5.41) is 19.6. The van der Waals surface area contributed by atoms with E-state index in [1.807, 2.05) is 30.3 Å². The molecule has 114 valence electrons. The van der Waals surface area contributed by atoms with E-state index in [1.54, 1.807) is 11.3 Å². The van der Waals surface area contributed by atoms with Gasteiger partial charge in [-0.3, -0.25) is 0 Å². The van der Waals surface area contributed by atoms with Crippen molar-refractivity contribution in [3.05, 3.63) is 48.0 Å². The maximum absolute atomic E-state index is 9.68. The predicted octanol–water partition coefficient (Wildman–Crippen LogP) is 3.41. The molecule has 0 saturated carbocycles. The molecule has 1 atom stereocenters. The highest BCUT2D eigenvalue weighted by atomic mass is 32.1. The maximum Gasteiger partial charge on any atom is 0.186 e. The number of nitriles is 1. The predicted molar refractivity (Wildman–Crippen MR) is 92.6 cm³/mol. The summed E-state index contributed by atoms with van der Waals surface area (Å²) >= 11 is 1.66. The number of thiazole rings is 1. The number of benzene rings is 2. The number of aliphatic hydroxyl groups is 1. The van der Waals surface area contributed by atoms with Gasteiger partial charge in [0.25, 0.3) is 0 Å². The van der Waals surface area contributed by atoms with Gasteiger partial charge in [0.05, 0.1) is 28.0 Å². The Hall–Kier alpha value is -2.42. The molecule has 0 bridgehead atoms. The van der Waals surface area contributed by atoms with Crippen molar-refractivity contribution < 1.29 is 5.11 Å². The molecule has 1 N–H and O–H groups in total. The third-order valence-corrected chi connectivity index (χ3v) is 5.24. The molecule has 23 heavy (non-hydrogen) atoms. The summed E-state index contributed by atoms with van der Waals surface area (Å²) in [6.45, 7) is 1.53. The zero-order valence-electron chi connectivity index (χ0n) is 12.4. The van der Waals surface area contributed by atoms with E-state index < -0.39 is 0 Å². The van der Waals surface area contributed by atoms with Crippen molar-refractivity contribution in [3.63, 3.8) is 0 Å². The van der Waals surface area contributed by atoms with Crippen molar-refractivity contribution >= 4 is 26.7 Å². The minimum absolute atomic E-state index is 0.240. The van der Waals surface area contributed by atoms with E-state index in [1.165, 1.54) is 0 Å². The van der Waals surface area contributed by atoms with E-state index >= 15 is 0 Å². The van der Waals surface area contributed by atoms with Crippen molar-refractivity contribution in [2.45, 2.75) is 12.5 Å². The van der Waals surface area contributed by atoms with Crippen molar-refractivity contribution in [1.82, 2.24) is 4.98 Å². The van der Waals surface area contributed by atoms with Crippen LogP contribution in [0.2, 0.25) is 0 Å². The Morgan fingerprint density at radius 1 is 1.17 bits per heavy atom. The molecule has 4 rings (SSSR count). The molecule has 1 aromatic heterocycles. The fourth-order valence-corrected chi connectivity index (χ4v) is 3.92. The standard InChI is InChI=1S/C18H15N3OS/c19-10-12-1-3-13(4-2-12)14-5-6-16-17(9-14)23-18(20-16)21-8-7-15(22)11-21/h1-6,9,15,22H,7-8,11H2. The van der Waals surface area contributed by atoms with E-state index in [2.05, 4.69) is 28.1 Å².